The first kappa shape index (κ1) is 17.4. The lowest BCUT2D eigenvalue weighted by molar-refractivity contribution is 0.0377. The minimum absolute atomic E-state index is 0.140. The SMILES string of the molecule is COC(=NCCCN1CCOCC1)NC(=O)c1cccc(F)c1. The van der Waals surface area contributed by atoms with Crippen molar-refractivity contribution >= 4 is 11.9 Å². The number of amides is 1. The number of nitrogens with zero attached hydrogens (tertiary/aromatic N) is 2. The molecule has 1 aromatic rings. The van der Waals surface area contributed by atoms with Crippen LogP contribution in [0.25, 0.3) is 0 Å². The maximum absolute atomic E-state index is 13.1. The van der Waals surface area contributed by atoms with Crippen LogP contribution in [0, 0.1) is 5.82 Å². The molecule has 0 radical (unpaired) electrons. The van der Waals surface area contributed by atoms with Crippen molar-refractivity contribution in [3.05, 3.63) is 35.6 Å². The van der Waals surface area contributed by atoms with Crippen molar-refractivity contribution in [3.63, 3.8) is 0 Å². The highest BCUT2D eigenvalue weighted by Gasteiger charge is 2.11. The molecule has 0 saturated carbocycles. The molecule has 0 aromatic heterocycles. The Morgan fingerprint density at radius 1 is 1.43 bits per heavy atom. The van der Waals surface area contributed by atoms with Crippen LogP contribution in [0.2, 0.25) is 0 Å². The monoisotopic (exact) mass is 323 g/mol. The van der Waals surface area contributed by atoms with Gasteiger partial charge in [-0.2, -0.15) is 0 Å². The van der Waals surface area contributed by atoms with Crippen LogP contribution in [0.4, 0.5) is 4.39 Å². The summed E-state index contributed by atoms with van der Waals surface area (Å²) in [4.78, 5) is 18.5. The Labute approximate surface area is 135 Å². The van der Waals surface area contributed by atoms with Crippen LogP contribution in [0.5, 0.6) is 0 Å². The van der Waals surface area contributed by atoms with Gasteiger partial charge in [-0.3, -0.25) is 15.0 Å². The summed E-state index contributed by atoms with van der Waals surface area (Å²) >= 11 is 0. The van der Waals surface area contributed by atoms with E-state index in [0.29, 0.717) is 6.54 Å². The van der Waals surface area contributed by atoms with Gasteiger partial charge in [-0.15, -0.1) is 0 Å². The Bertz CT molecular complexity index is 545. The molecule has 1 saturated heterocycles. The molecule has 1 aliphatic heterocycles. The Morgan fingerprint density at radius 2 is 2.22 bits per heavy atom. The lowest BCUT2D eigenvalue weighted by atomic mass is 10.2. The Morgan fingerprint density at radius 3 is 2.91 bits per heavy atom. The Balaban J connectivity index is 1.78. The number of hydrogen-bond acceptors (Lipinski definition) is 5. The predicted molar refractivity (Wildman–Crippen MR) is 85.1 cm³/mol. The molecular formula is C16H22FN3O3. The van der Waals surface area contributed by atoms with Crippen LogP contribution in [-0.4, -0.2) is 63.3 Å². The molecule has 0 atom stereocenters. The number of hydrogen-bond donors (Lipinski definition) is 1. The van der Waals surface area contributed by atoms with Crippen molar-refractivity contribution in [2.24, 2.45) is 4.99 Å². The third-order valence-corrected chi connectivity index (χ3v) is 3.49. The van der Waals surface area contributed by atoms with Crippen LogP contribution in [0.3, 0.4) is 0 Å². The van der Waals surface area contributed by atoms with E-state index >= 15 is 0 Å². The van der Waals surface area contributed by atoms with E-state index in [-0.39, 0.29) is 11.6 Å². The quantitative estimate of drug-likeness (QED) is 0.504. The smallest absolute Gasteiger partial charge is 0.291 e. The third kappa shape index (κ3) is 5.96. The van der Waals surface area contributed by atoms with Gasteiger partial charge in [-0.25, -0.2) is 9.38 Å². The number of halogens is 1. The third-order valence-electron chi connectivity index (χ3n) is 3.49. The molecule has 0 bridgehead atoms. The molecule has 1 aliphatic rings. The second-order valence-electron chi connectivity index (χ2n) is 5.16. The van der Waals surface area contributed by atoms with E-state index in [9.17, 15) is 9.18 Å². The highest BCUT2D eigenvalue weighted by atomic mass is 19.1. The number of methoxy groups -OCH3 is 1. The van der Waals surface area contributed by atoms with Gasteiger partial charge in [0.25, 0.3) is 11.9 Å². The van der Waals surface area contributed by atoms with Gasteiger partial charge < -0.3 is 9.47 Å². The molecule has 1 fully saturated rings. The number of benzene rings is 1. The van der Waals surface area contributed by atoms with Crippen molar-refractivity contribution in [1.82, 2.24) is 10.2 Å². The van der Waals surface area contributed by atoms with E-state index in [4.69, 9.17) is 9.47 Å². The number of nitrogens with one attached hydrogen (secondary N) is 1. The van der Waals surface area contributed by atoms with E-state index in [1.54, 1.807) is 0 Å². The molecule has 126 valence electrons. The van der Waals surface area contributed by atoms with E-state index < -0.39 is 11.7 Å². The fraction of sp³-hybridized carbons (Fsp3) is 0.500. The van der Waals surface area contributed by atoms with Crippen molar-refractivity contribution in [3.8, 4) is 0 Å². The molecule has 1 heterocycles. The molecule has 2 rings (SSSR count). The number of ether oxygens (including phenoxy) is 2. The zero-order valence-corrected chi connectivity index (χ0v) is 13.3. The number of amidine groups is 1. The fourth-order valence-electron chi connectivity index (χ4n) is 2.25. The van der Waals surface area contributed by atoms with E-state index in [0.717, 1.165) is 39.3 Å². The summed E-state index contributed by atoms with van der Waals surface area (Å²) in [6.07, 6.45) is 0.864. The molecule has 7 heteroatoms. The minimum atomic E-state index is -0.459. The molecule has 23 heavy (non-hydrogen) atoms. The highest BCUT2D eigenvalue weighted by molar-refractivity contribution is 6.04. The van der Waals surface area contributed by atoms with Gasteiger partial charge >= 0.3 is 0 Å². The number of aliphatic imine (C=N–C) groups is 1. The molecule has 1 N–H and O–H groups in total. The molecule has 0 unspecified atom stereocenters. The minimum Gasteiger partial charge on any atom is -0.468 e. The van der Waals surface area contributed by atoms with Crippen LogP contribution < -0.4 is 5.32 Å². The molecule has 6 nitrogen and oxygen atoms in total. The topological polar surface area (TPSA) is 63.2 Å². The Hall–Kier alpha value is -1.99. The first-order valence-electron chi connectivity index (χ1n) is 7.64. The number of morpholine rings is 1. The van der Waals surface area contributed by atoms with Gasteiger partial charge in [0.05, 0.1) is 20.3 Å². The van der Waals surface area contributed by atoms with Crippen LogP contribution in [0.1, 0.15) is 16.8 Å². The number of rotatable bonds is 5. The van der Waals surface area contributed by atoms with Crippen LogP contribution >= 0.6 is 0 Å². The molecule has 0 spiro atoms. The summed E-state index contributed by atoms with van der Waals surface area (Å²) in [6.45, 7) is 4.91. The summed E-state index contributed by atoms with van der Waals surface area (Å²) in [7, 11) is 1.44. The Kier molecular flexibility index (Phi) is 6.96. The van der Waals surface area contributed by atoms with Gasteiger partial charge in [0.2, 0.25) is 0 Å². The average Bonchev–Trinajstić information content (AvgIpc) is 2.58. The van der Waals surface area contributed by atoms with E-state index in [1.165, 1.54) is 31.4 Å². The number of carbonyl (C=O) groups excluding carboxylic acids is 1. The van der Waals surface area contributed by atoms with E-state index in [2.05, 4.69) is 15.2 Å². The van der Waals surface area contributed by atoms with E-state index in [1.807, 2.05) is 0 Å². The van der Waals surface area contributed by atoms with Crippen molar-refractivity contribution in [2.45, 2.75) is 6.42 Å². The summed E-state index contributed by atoms with van der Waals surface area (Å²) in [5.74, 6) is -0.905. The molecule has 0 aliphatic carbocycles. The second-order valence-corrected chi connectivity index (χ2v) is 5.16. The summed E-state index contributed by atoms with van der Waals surface area (Å²) < 4.78 is 23.5. The zero-order chi connectivity index (χ0) is 16.5. The second kappa shape index (κ2) is 9.22. The van der Waals surface area contributed by atoms with Crippen molar-refractivity contribution in [2.75, 3.05) is 46.5 Å². The fourth-order valence-corrected chi connectivity index (χ4v) is 2.25. The number of carbonyl (C=O) groups is 1. The molecule has 1 amide bonds. The standard InChI is InChI=1S/C16H22FN3O3/c1-22-16(18-6-3-7-20-8-10-23-11-9-20)19-15(21)13-4-2-5-14(17)12-13/h2,4-5,12H,3,6-11H2,1H3,(H,18,19,21). The first-order valence-corrected chi connectivity index (χ1v) is 7.64. The first-order chi connectivity index (χ1) is 11.2. The van der Waals surface area contributed by atoms with Crippen LogP contribution in [0.15, 0.2) is 29.3 Å². The predicted octanol–water partition coefficient (Wildman–Crippen LogP) is 1.28. The van der Waals surface area contributed by atoms with Gasteiger partial charge in [0.1, 0.15) is 5.82 Å². The van der Waals surface area contributed by atoms with Gasteiger partial charge in [0.15, 0.2) is 0 Å². The van der Waals surface area contributed by atoms with Crippen LogP contribution in [-0.2, 0) is 9.47 Å². The summed E-state index contributed by atoms with van der Waals surface area (Å²) in [5.41, 5.74) is 0.225. The maximum Gasteiger partial charge on any atom is 0.291 e. The normalized spacial score (nSPS) is 16.2. The van der Waals surface area contributed by atoms with Crippen molar-refractivity contribution in [1.29, 1.82) is 0 Å². The van der Waals surface area contributed by atoms with Gasteiger partial charge in [0, 0.05) is 31.7 Å². The largest absolute Gasteiger partial charge is 0.468 e. The lowest BCUT2D eigenvalue weighted by Gasteiger charge is -2.26. The maximum atomic E-state index is 13.1. The van der Waals surface area contributed by atoms with Gasteiger partial charge in [-0.1, -0.05) is 6.07 Å². The average molecular weight is 323 g/mol. The summed E-state index contributed by atoms with van der Waals surface area (Å²) in [5, 5.41) is 2.54. The molecular weight excluding hydrogens is 301 g/mol. The summed E-state index contributed by atoms with van der Waals surface area (Å²) in [6, 6.07) is 5.61. The van der Waals surface area contributed by atoms with Crippen molar-refractivity contribution < 1.29 is 18.7 Å². The zero-order valence-electron chi connectivity index (χ0n) is 13.3. The lowest BCUT2D eigenvalue weighted by Crippen LogP contribution is -2.37. The molecule has 1 aromatic carbocycles. The van der Waals surface area contributed by atoms with Gasteiger partial charge in [-0.05, 0) is 24.6 Å². The highest BCUT2D eigenvalue weighted by Crippen LogP contribution is 2.03.